The molecule has 3 aromatic rings. The molecule has 0 aromatic heterocycles. The third kappa shape index (κ3) is 7.36. The first-order valence-electron chi connectivity index (χ1n) is 14.6. The van der Waals surface area contributed by atoms with Crippen LogP contribution < -0.4 is 9.62 Å². The number of rotatable bonds is 12. The van der Waals surface area contributed by atoms with Gasteiger partial charge in [0.25, 0.3) is 10.0 Å². The van der Waals surface area contributed by atoms with Crippen molar-refractivity contribution in [2.75, 3.05) is 10.8 Å². The Morgan fingerprint density at radius 1 is 0.902 bits per heavy atom. The van der Waals surface area contributed by atoms with Gasteiger partial charge >= 0.3 is 0 Å². The molecule has 0 radical (unpaired) electrons. The summed E-state index contributed by atoms with van der Waals surface area (Å²) < 4.78 is 29.3. The largest absolute Gasteiger partial charge is 0.352 e. The average molecular weight is 576 g/mol. The molecule has 218 valence electrons. The molecule has 2 amide bonds. The highest BCUT2D eigenvalue weighted by molar-refractivity contribution is 7.92. The predicted octanol–water partition coefficient (Wildman–Crippen LogP) is 5.62. The zero-order chi connectivity index (χ0) is 29.4. The molecule has 1 aliphatic rings. The number of carbonyl (C=O) groups excluding carboxylic acids is 2. The fourth-order valence-electron chi connectivity index (χ4n) is 5.46. The Balaban J connectivity index is 1.73. The minimum absolute atomic E-state index is 0.106. The molecule has 4 rings (SSSR count). The molecule has 1 N–H and O–H groups in total. The smallest absolute Gasteiger partial charge is 0.264 e. The first-order chi connectivity index (χ1) is 19.7. The molecule has 1 saturated carbocycles. The number of nitrogens with zero attached hydrogens (tertiary/aromatic N) is 2. The van der Waals surface area contributed by atoms with E-state index in [9.17, 15) is 18.0 Å². The van der Waals surface area contributed by atoms with Crippen LogP contribution in [0.1, 0.15) is 62.6 Å². The highest BCUT2D eigenvalue weighted by Gasteiger charge is 2.35. The maximum Gasteiger partial charge on any atom is 0.264 e. The van der Waals surface area contributed by atoms with Crippen molar-refractivity contribution in [3.8, 4) is 0 Å². The van der Waals surface area contributed by atoms with Crippen molar-refractivity contribution in [1.29, 1.82) is 0 Å². The Kier molecular flexibility index (Phi) is 10.2. The zero-order valence-corrected chi connectivity index (χ0v) is 25.1. The number of hydrogen-bond acceptors (Lipinski definition) is 4. The van der Waals surface area contributed by atoms with E-state index >= 15 is 0 Å². The number of sulfonamides is 1. The minimum atomic E-state index is -4.08. The standard InChI is InChI=1S/C33H41N3O4S/c1-4-27-13-9-12-18-31(27)36(41(39,40)29-16-7-6-8-17-29)24-32(37)35(23-26-21-19-25(3)20-22-26)30(5-2)33(38)34-28-14-10-11-15-28/h6-9,12-13,16-22,28,30H,4-5,10-11,14-15,23-24H2,1-3H3,(H,34,38). The topological polar surface area (TPSA) is 86.8 Å². The molecule has 1 fully saturated rings. The van der Waals surface area contributed by atoms with Gasteiger partial charge in [-0.2, -0.15) is 0 Å². The molecule has 8 heteroatoms. The van der Waals surface area contributed by atoms with E-state index in [4.69, 9.17) is 0 Å². The van der Waals surface area contributed by atoms with Crippen LogP contribution >= 0.6 is 0 Å². The van der Waals surface area contributed by atoms with E-state index in [0.29, 0.717) is 18.5 Å². The summed E-state index contributed by atoms with van der Waals surface area (Å²) in [6.45, 7) is 5.61. The number of aryl methyl sites for hydroxylation is 2. The van der Waals surface area contributed by atoms with E-state index in [2.05, 4.69) is 5.32 Å². The Bertz CT molecular complexity index is 1420. The second-order valence-electron chi connectivity index (χ2n) is 10.7. The van der Waals surface area contributed by atoms with Gasteiger partial charge in [-0.1, -0.05) is 92.9 Å². The number of benzene rings is 3. The quantitative estimate of drug-likeness (QED) is 0.304. The molecule has 1 unspecified atom stereocenters. The molecule has 1 atom stereocenters. The van der Waals surface area contributed by atoms with E-state index in [0.717, 1.165) is 42.4 Å². The molecule has 7 nitrogen and oxygen atoms in total. The van der Waals surface area contributed by atoms with Crippen molar-refractivity contribution in [3.05, 3.63) is 95.6 Å². The molecule has 0 saturated heterocycles. The summed E-state index contributed by atoms with van der Waals surface area (Å²) >= 11 is 0. The van der Waals surface area contributed by atoms with E-state index in [1.54, 1.807) is 35.2 Å². The molecule has 3 aromatic carbocycles. The van der Waals surface area contributed by atoms with E-state index < -0.39 is 28.5 Å². The lowest BCUT2D eigenvalue weighted by molar-refractivity contribution is -0.140. The second-order valence-corrected chi connectivity index (χ2v) is 12.6. The van der Waals surface area contributed by atoms with Gasteiger partial charge in [0.05, 0.1) is 10.6 Å². The molecule has 41 heavy (non-hydrogen) atoms. The summed E-state index contributed by atoms with van der Waals surface area (Å²) in [5.74, 6) is -0.615. The number of carbonyl (C=O) groups is 2. The van der Waals surface area contributed by atoms with Gasteiger partial charge < -0.3 is 10.2 Å². The Labute approximate surface area is 244 Å². The summed E-state index contributed by atoms with van der Waals surface area (Å²) in [4.78, 5) is 29.5. The van der Waals surface area contributed by atoms with Crippen molar-refractivity contribution >= 4 is 27.5 Å². The van der Waals surface area contributed by atoms with Crippen molar-refractivity contribution < 1.29 is 18.0 Å². The van der Waals surface area contributed by atoms with Gasteiger partial charge in [0.2, 0.25) is 11.8 Å². The fourth-order valence-corrected chi connectivity index (χ4v) is 6.94. The summed E-state index contributed by atoms with van der Waals surface area (Å²) in [6, 6.07) is 22.6. The van der Waals surface area contributed by atoms with Gasteiger partial charge in [0.1, 0.15) is 12.6 Å². The summed E-state index contributed by atoms with van der Waals surface area (Å²) in [5.41, 5.74) is 3.25. The second kappa shape index (κ2) is 13.8. The number of anilines is 1. The number of para-hydroxylation sites is 1. The average Bonchev–Trinajstić information content (AvgIpc) is 3.50. The lowest BCUT2D eigenvalue weighted by atomic mass is 10.1. The monoisotopic (exact) mass is 575 g/mol. The molecular formula is C33H41N3O4S. The molecule has 0 bridgehead atoms. The normalized spacial score (nSPS) is 14.4. The summed E-state index contributed by atoms with van der Waals surface area (Å²) in [5, 5.41) is 3.15. The van der Waals surface area contributed by atoms with Crippen LogP contribution in [-0.2, 0) is 32.6 Å². The summed E-state index contributed by atoms with van der Waals surface area (Å²) in [7, 11) is -4.08. The van der Waals surface area contributed by atoms with Crippen LogP contribution in [0.3, 0.4) is 0 Å². The number of hydrogen-bond donors (Lipinski definition) is 1. The lowest BCUT2D eigenvalue weighted by Gasteiger charge is -2.34. The number of nitrogens with one attached hydrogen (secondary N) is 1. The van der Waals surface area contributed by atoms with Crippen LogP contribution in [0.15, 0.2) is 83.8 Å². The maximum absolute atomic E-state index is 14.3. The SMILES string of the molecule is CCc1ccccc1N(CC(=O)N(Cc1ccc(C)cc1)C(CC)C(=O)NC1CCCC1)S(=O)(=O)c1ccccc1. The first kappa shape index (κ1) is 30.3. The van der Waals surface area contributed by atoms with Gasteiger partial charge in [-0.25, -0.2) is 8.42 Å². The molecule has 0 heterocycles. The highest BCUT2D eigenvalue weighted by Crippen LogP contribution is 2.28. The maximum atomic E-state index is 14.3. The fraction of sp³-hybridized carbons (Fsp3) is 0.394. The van der Waals surface area contributed by atoms with E-state index in [-0.39, 0.29) is 23.4 Å². The predicted molar refractivity (Wildman–Crippen MR) is 163 cm³/mol. The van der Waals surface area contributed by atoms with Crippen LogP contribution in [0, 0.1) is 6.92 Å². The van der Waals surface area contributed by atoms with Crippen LogP contribution in [-0.4, -0.2) is 43.8 Å². The van der Waals surface area contributed by atoms with Crippen LogP contribution in [0.4, 0.5) is 5.69 Å². The molecule has 0 aliphatic heterocycles. The van der Waals surface area contributed by atoms with Gasteiger partial charge in [-0.3, -0.25) is 13.9 Å². The van der Waals surface area contributed by atoms with Gasteiger partial charge in [-0.15, -0.1) is 0 Å². The Hall–Kier alpha value is -3.65. The first-order valence-corrected chi connectivity index (χ1v) is 16.0. The van der Waals surface area contributed by atoms with Crippen molar-refractivity contribution in [1.82, 2.24) is 10.2 Å². The van der Waals surface area contributed by atoms with Crippen LogP contribution in [0.5, 0.6) is 0 Å². The van der Waals surface area contributed by atoms with E-state index in [1.807, 2.05) is 57.2 Å². The van der Waals surface area contributed by atoms with Crippen molar-refractivity contribution in [2.24, 2.45) is 0 Å². The molecule has 1 aliphatic carbocycles. The van der Waals surface area contributed by atoms with E-state index in [1.165, 1.54) is 16.4 Å². The van der Waals surface area contributed by atoms with Gasteiger partial charge in [-0.05, 0) is 61.9 Å². The summed E-state index contributed by atoms with van der Waals surface area (Å²) in [6.07, 6.45) is 5.04. The highest BCUT2D eigenvalue weighted by atomic mass is 32.2. The van der Waals surface area contributed by atoms with Crippen LogP contribution in [0.25, 0.3) is 0 Å². The number of amides is 2. The third-order valence-electron chi connectivity index (χ3n) is 7.81. The minimum Gasteiger partial charge on any atom is -0.352 e. The molecular weight excluding hydrogens is 534 g/mol. The van der Waals surface area contributed by atoms with Crippen molar-refractivity contribution in [2.45, 2.75) is 82.8 Å². The van der Waals surface area contributed by atoms with Crippen LogP contribution in [0.2, 0.25) is 0 Å². The van der Waals surface area contributed by atoms with Gasteiger partial charge in [0.15, 0.2) is 0 Å². The van der Waals surface area contributed by atoms with Crippen molar-refractivity contribution in [3.63, 3.8) is 0 Å². The lowest BCUT2D eigenvalue weighted by Crippen LogP contribution is -2.53. The zero-order valence-electron chi connectivity index (χ0n) is 24.3. The Morgan fingerprint density at radius 2 is 1.54 bits per heavy atom. The molecule has 0 spiro atoms. The third-order valence-corrected chi connectivity index (χ3v) is 9.59. The Morgan fingerprint density at radius 3 is 2.17 bits per heavy atom. The van der Waals surface area contributed by atoms with Gasteiger partial charge in [0, 0.05) is 12.6 Å².